The molecule has 1 fully saturated rings. The zero-order valence-electron chi connectivity index (χ0n) is 16.4. The molecule has 6 heteroatoms. The minimum atomic E-state index is -0.299. The Bertz CT molecular complexity index is 586. The summed E-state index contributed by atoms with van der Waals surface area (Å²) in [6.07, 6.45) is 6.84. The molecule has 1 aromatic rings. The van der Waals surface area contributed by atoms with Crippen molar-refractivity contribution >= 4 is 22.0 Å². The van der Waals surface area contributed by atoms with Gasteiger partial charge in [0.2, 0.25) is 0 Å². The Balaban J connectivity index is 1.66. The summed E-state index contributed by atoms with van der Waals surface area (Å²) in [5.74, 6) is 0.563. The van der Waals surface area contributed by atoms with Gasteiger partial charge in [-0.2, -0.15) is 0 Å². The summed E-state index contributed by atoms with van der Waals surface area (Å²) in [5, 5.41) is 0. The largest absolute Gasteiger partial charge is 0.415 e. The first-order valence-electron chi connectivity index (χ1n) is 9.61. The number of rotatable bonds is 9. The van der Waals surface area contributed by atoms with Crippen molar-refractivity contribution in [3.63, 3.8) is 0 Å². The summed E-state index contributed by atoms with van der Waals surface area (Å²) in [6.45, 7) is 6.47. The predicted molar refractivity (Wildman–Crippen MR) is 112 cm³/mol. The molecule has 0 aliphatic heterocycles. The Morgan fingerprint density at radius 1 is 1.22 bits per heavy atom. The van der Waals surface area contributed by atoms with E-state index in [1.54, 1.807) is 17.0 Å². The van der Waals surface area contributed by atoms with Gasteiger partial charge in [0.15, 0.2) is 0 Å². The molecule has 0 atom stereocenters. The lowest BCUT2D eigenvalue weighted by Gasteiger charge is -2.34. The number of carbonyl (C=O) groups is 1. The third-order valence-corrected chi connectivity index (χ3v) is 5.51. The van der Waals surface area contributed by atoms with E-state index in [2.05, 4.69) is 34.5 Å². The molecule has 1 amide bonds. The molecule has 150 valence electrons. The van der Waals surface area contributed by atoms with Crippen LogP contribution in [0.1, 0.15) is 32.1 Å². The SMILES string of the molecule is C=CCN(C)CCCO[C@H]1CC[C@H](N(C)C(=O)Oc2ccc(Br)cc2)CC1. The highest BCUT2D eigenvalue weighted by molar-refractivity contribution is 9.10. The van der Waals surface area contributed by atoms with Crippen molar-refractivity contribution in [2.24, 2.45) is 0 Å². The maximum atomic E-state index is 12.4. The Morgan fingerprint density at radius 2 is 1.89 bits per heavy atom. The van der Waals surface area contributed by atoms with Crippen LogP contribution in [0.2, 0.25) is 0 Å². The van der Waals surface area contributed by atoms with Gasteiger partial charge in [0.1, 0.15) is 5.75 Å². The molecule has 1 aromatic carbocycles. The molecule has 27 heavy (non-hydrogen) atoms. The Morgan fingerprint density at radius 3 is 2.52 bits per heavy atom. The zero-order chi connectivity index (χ0) is 19.6. The van der Waals surface area contributed by atoms with Crippen LogP contribution in [0.25, 0.3) is 0 Å². The molecule has 0 radical (unpaired) electrons. The van der Waals surface area contributed by atoms with Crippen LogP contribution in [0.4, 0.5) is 4.79 Å². The fourth-order valence-corrected chi connectivity index (χ4v) is 3.58. The van der Waals surface area contributed by atoms with E-state index in [9.17, 15) is 4.79 Å². The van der Waals surface area contributed by atoms with Crippen LogP contribution in [-0.2, 0) is 4.74 Å². The van der Waals surface area contributed by atoms with Crippen LogP contribution in [0.15, 0.2) is 41.4 Å². The maximum absolute atomic E-state index is 12.4. The minimum absolute atomic E-state index is 0.214. The normalized spacial score (nSPS) is 19.7. The molecule has 0 aromatic heterocycles. The minimum Gasteiger partial charge on any atom is -0.410 e. The second kappa shape index (κ2) is 11.5. The van der Waals surface area contributed by atoms with Gasteiger partial charge < -0.3 is 19.3 Å². The highest BCUT2D eigenvalue weighted by Crippen LogP contribution is 2.25. The van der Waals surface area contributed by atoms with E-state index in [0.717, 1.165) is 56.3 Å². The summed E-state index contributed by atoms with van der Waals surface area (Å²) in [4.78, 5) is 16.3. The van der Waals surface area contributed by atoms with E-state index >= 15 is 0 Å². The van der Waals surface area contributed by atoms with Crippen LogP contribution in [0.3, 0.4) is 0 Å². The number of hydrogen-bond donors (Lipinski definition) is 0. The molecule has 2 rings (SSSR count). The van der Waals surface area contributed by atoms with Gasteiger partial charge in [0.05, 0.1) is 6.10 Å². The van der Waals surface area contributed by atoms with Gasteiger partial charge in [0.25, 0.3) is 0 Å². The van der Waals surface area contributed by atoms with Gasteiger partial charge in [-0.3, -0.25) is 0 Å². The first kappa shape index (κ1) is 21.9. The van der Waals surface area contributed by atoms with Crippen molar-refractivity contribution in [3.8, 4) is 5.75 Å². The Kier molecular flexibility index (Phi) is 9.31. The Labute approximate surface area is 171 Å². The van der Waals surface area contributed by atoms with Crippen molar-refractivity contribution in [2.75, 3.05) is 33.8 Å². The molecule has 0 bridgehead atoms. The molecule has 1 aliphatic rings. The average Bonchev–Trinajstić information content (AvgIpc) is 2.67. The number of likely N-dealkylation sites (N-methyl/N-ethyl adjacent to an activating group) is 1. The molecular weight excluding hydrogens is 408 g/mol. The van der Waals surface area contributed by atoms with Crippen molar-refractivity contribution in [1.29, 1.82) is 0 Å². The third kappa shape index (κ3) is 7.64. The lowest BCUT2D eigenvalue weighted by atomic mass is 9.92. The first-order chi connectivity index (χ1) is 13.0. The van der Waals surface area contributed by atoms with E-state index < -0.39 is 0 Å². The molecule has 0 unspecified atom stereocenters. The van der Waals surface area contributed by atoms with E-state index in [1.165, 1.54) is 0 Å². The van der Waals surface area contributed by atoms with Crippen molar-refractivity contribution in [2.45, 2.75) is 44.2 Å². The van der Waals surface area contributed by atoms with E-state index in [-0.39, 0.29) is 12.1 Å². The summed E-state index contributed by atoms with van der Waals surface area (Å²) in [7, 11) is 3.92. The molecule has 0 N–H and O–H groups in total. The second-order valence-corrected chi connectivity index (χ2v) is 8.05. The van der Waals surface area contributed by atoms with Gasteiger partial charge >= 0.3 is 6.09 Å². The fraction of sp³-hybridized carbons (Fsp3) is 0.571. The smallest absolute Gasteiger partial charge is 0.410 e. The molecule has 0 spiro atoms. The monoisotopic (exact) mass is 438 g/mol. The van der Waals surface area contributed by atoms with E-state index in [4.69, 9.17) is 9.47 Å². The first-order valence-corrected chi connectivity index (χ1v) is 10.4. The summed E-state index contributed by atoms with van der Waals surface area (Å²) < 4.78 is 12.4. The average molecular weight is 439 g/mol. The highest BCUT2D eigenvalue weighted by atomic mass is 79.9. The molecular formula is C21H31BrN2O3. The lowest BCUT2D eigenvalue weighted by molar-refractivity contribution is 0.00923. The van der Waals surface area contributed by atoms with Gasteiger partial charge in [-0.1, -0.05) is 22.0 Å². The molecule has 1 aliphatic carbocycles. The number of carbonyl (C=O) groups excluding carboxylic acids is 1. The number of hydrogen-bond acceptors (Lipinski definition) is 4. The molecule has 0 saturated heterocycles. The Hall–Kier alpha value is -1.37. The van der Waals surface area contributed by atoms with E-state index in [0.29, 0.717) is 11.9 Å². The molecule has 5 nitrogen and oxygen atoms in total. The van der Waals surface area contributed by atoms with Crippen molar-refractivity contribution in [1.82, 2.24) is 9.80 Å². The zero-order valence-corrected chi connectivity index (χ0v) is 18.0. The van der Waals surface area contributed by atoms with Crippen LogP contribution in [-0.4, -0.2) is 61.8 Å². The van der Waals surface area contributed by atoms with Gasteiger partial charge in [-0.25, -0.2) is 4.79 Å². The highest BCUT2D eigenvalue weighted by Gasteiger charge is 2.27. The number of halogens is 1. The maximum Gasteiger partial charge on any atom is 0.415 e. The van der Waals surface area contributed by atoms with Crippen molar-refractivity contribution < 1.29 is 14.3 Å². The van der Waals surface area contributed by atoms with Crippen LogP contribution in [0.5, 0.6) is 5.75 Å². The fourth-order valence-electron chi connectivity index (χ4n) is 3.32. The summed E-state index contributed by atoms with van der Waals surface area (Å²) >= 11 is 3.38. The molecule has 1 saturated carbocycles. The van der Waals surface area contributed by atoms with Crippen LogP contribution in [0, 0.1) is 0 Å². The van der Waals surface area contributed by atoms with E-state index in [1.807, 2.05) is 25.3 Å². The topological polar surface area (TPSA) is 42.0 Å². The number of nitrogens with zero attached hydrogens (tertiary/aromatic N) is 2. The lowest BCUT2D eigenvalue weighted by Crippen LogP contribution is -2.42. The van der Waals surface area contributed by atoms with Crippen molar-refractivity contribution in [3.05, 3.63) is 41.4 Å². The third-order valence-electron chi connectivity index (χ3n) is 4.98. The number of ether oxygens (including phenoxy) is 2. The molecule has 0 heterocycles. The summed E-state index contributed by atoms with van der Waals surface area (Å²) in [5.41, 5.74) is 0. The second-order valence-electron chi connectivity index (χ2n) is 7.14. The summed E-state index contributed by atoms with van der Waals surface area (Å²) in [6, 6.07) is 7.51. The number of benzene rings is 1. The van der Waals surface area contributed by atoms with Gasteiger partial charge in [0, 0.05) is 37.3 Å². The predicted octanol–water partition coefficient (Wildman–Crippen LogP) is 4.72. The van der Waals surface area contributed by atoms with Gasteiger partial charge in [-0.05, 0) is 63.4 Å². The van der Waals surface area contributed by atoms with Crippen LogP contribution < -0.4 is 4.74 Å². The number of amides is 1. The van der Waals surface area contributed by atoms with Gasteiger partial charge in [-0.15, -0.1) is 6.58 Å². The standard InChI is InChI=1S/C21H31BrN2O3/c1-4-14-23(2)15-5-16-26-19-12-8-18(9-13-19)24(3)21(25)27-20-10-6-17(22)7-11-20/h4,6-7,10-11,18-19H,1,5,8-9,12-16H2,2-3H3/t18-,19-. The quantitative estimate of drug-likeness (QED) is 0.413. The van der Waals surface area contributed by atoms with Crippen LogP contribution >= 0.6 is 15.9 Å².